The number of hydrogen-bond donors (Lipinski definition) is 1. The van der Waals surface area contributed by atoms with Crippen molar-refractivity contribution >= 4 is 0 Å². The molecule has 3 saturated carbocycles. The van der Waals surface area contributed by atoms with E-state index in [1.54, 1.807) is 0 Å². The van der Waals surface area contributed by atoms with Gasteiger partial charge in [-0.3, -0.25) is 4.90 Å². The molecule has 17 heavy (non-hydrogen) atoms. The summed E-state index contributed by atoms with van der Waals surface area (Å²) >= 11 is 0. The smallest absolute Gasteiger partial charge is 0.0129 e. The molecule has 0 spiro atoms. The average Bonchev–Trinajstić information content (AvgIpc) is 2.95. The van der Waals surface area contributed by atoms with Crippen LogP contribution in [-0.4, -0.2) is 29.6 Å². The highest BCUT2D eigenvalue weighted by Crippen LogP contribution is 2.47. The molecule has 3 aliphatic carbocycles. The van der Waals surface area contributed by atoms with Gasteiger partial charge in [-0.25, -0.2) is 0 Å². The normalized spacial score (nSPS) is 45.7. The predicted molar refractivity (Wildman–Crippen MR) is 71.8 cm³/mol. The molecule has 0 aromatic carbocycles. The minimum atomic E-state index is 0.491. The summed E-state index contributed by atoms with van der Waals surface area (Å²) in [6.07, 6.45) is 11.3. The van der Waals surface area contributed by atoms with E-state index in [1.165, 1.54) is 57.9 Å². The highest BCUT2D eigenvalue weighted by molar-refractivity contribution is 4.97. The van der Waals surface area contributed by atoms with Gasteiger partial charge in [0.1, 0.15) is 0 Å². The second kappa shape index (κ2) is 4.89. The Labute approximate surface area is 106 Å². The number of nitrogens with zero attached hydrogens (tertiary/aromatic N) is 1. The molecule has 2 heteroatoms. The van der Waals surface area contributed by atoms with Crippen molar-refractivity contribution in [3.05, 3.63) is 0 Å². The van der Waals surface area contributed by atoms with Gasteiger partial charge in [0.2, 0.25) is 0 Å². The van der Waals surface area contributed by atoms with E-state index in [0.717, 1.165) is 23.9 Å². The zero-order chi connectivity index (χ0) is 11.8. The van der Waals surface area contributed by atoms with Gasteiger partial charge in [-0.2, -0.15) is 0 Å². The SMILES string of the molecule is CCN(C1CCC(N)CC1)C1CC2CCC1C2. The maximum Gasteiger partial charge on any atom is 0.0129 e. The first-order valence-corrected chi connectivity index (χ1v) is 7.79. The summed E-state index contributed by atoms with van der Waals surface area (Å²) in [4.78, 5) is 2.86. The van der Waals surface area contributed by atoms with E-state index in [9.17, 15) is 0 Å². The quantitative estimate of drug-likeness (QED) is 0.816. The molecule has 0 saturated heterocycles. The minimum absolute atomic E-state index is 0.491. The van der Waals surface area contributed by atoms with Crippen LogP contribution in [0.5, 0.6) is 0 Å². The Morgan fingerprint density at radius 3 is 2.29 bits per heavy atom. The van der Waals surface area contributed by atoms with Crippen molar-refractivity contribution < 1.29 is 0 Å². The van der Waals surface area contributed by atoms with Crippen molar-refractivity contribution in [2.45, 2.75) is 76.4 Å². The monoisotopic (exact) mass is 236 g/mol. The lowest BCUT2D eigenvalue weighted by Crippen LogP contribution is -2.48. The summed E-state index contributed by atoms with van der Waals surface area (Å²) in [5.74, 6) is 2.11. The van der Waals surface area contributed by atoms with Crippen LogP contribution in [-0.2, 0) is 0 Å². The molecule has 0 aromatic rings. The Kier molecular flexibility index (Phi) is 3.45. The fraction of sp³-hybridized carbons (Fsp3) is 1.00. The van der Waals surface area contributed by atoms with Crippen molar-refractivity contribution in [1.82, 2.24) is 4.90 Å². The molecular formula is C15H28N2. The first-order valence-electron chi connectivity index (χ1n) is 7.79. The lowest BCUT2D eigenvalue weighted by molar-refractivity contribution is 0.0740. The number of nitrogens with two attached hydrogens (primary N) is 1. The zero-order valence-corrected chi connectivity index (χ0v) is 11.3. The third-order valence-electron chi connectivity index (χ3n) is 5.70. The molecule has 0 radical (unpaired) electrons. The summed E-state index contributed by atoms with van der Waals surface area (Å²) in [6.45, 7) is 3.62. The van der Waals surface area contributed by atoms with Crippen molar-refractivity contribution in [2.24, 2.45) is 17.6 Å². The van der Waals surface area contributed by atoms with E-state index in [-0.39, 0.29) is 0 Å². The van der Waals surface area contributed by atoms with Crippen LogP contribution in [0, 0.1) is 11.8 Å². The summed E-state index contributed by atoms with van der Waals surface area (Å²) in [7, 11) is 0. The first kappa shape index (κ1) is 12.0. The molecule has 3 unspecified atom stereocenters. The predicted octanol–water partition coefficient (Wildman–Crippen LogP) is 2.77. The molecule has 0 amide bonds. The van der Waals surface area contributed by atoms with Crippen LogP contribution in [0.2, 0.25) is 0 Å². The topological polar surface area (TPSA) is 29.3 Å². The number of fused-ring (bicyclic) bond motifs is 2. The van der Waals surface area contributed by atoms with Gasteiger partial charge < -0.3 is 5.73 Å². The highest BCUT2D eigenvalue weighted by Gasteiger charge is 2.43. The summed E-state index contributed by atoms with van der Waals surface area (Å²) in [6, 6.07) is 2.27. The van der Waals surface area contributed by atoms with Crippen LogP contribution in [0.25, 0.3) is 0 Å². The maximum absolute atomic E-state index is 6.03. The number of rotatable bonds is 3. The van der Waals surface area contributed by atoms with E-state index in [4.69, 9.17) is 5.73 Å². The second-order valence-corrected chi connectivity index (χ2v) is 6.64. The average molecular weight is 236 g/mol. The molecule has 0 aromatic heterocycles. The van der Waals surface area contributed by atoms with Crippen LogP contribution < -0.4 is 5.73 Å². The van der Waals surface area contributed by atoms with Crippen LogP contribution in [0.1, 0.15) is 58.3 Å². The lowest BCUT2D eigenvalue weighted by atomic mass is 9.87. The summed E-state index contributed by atoms with van der Waals surface area (Å²) in [5.41, 5.74) is 6.03. The summed E-state index contributed by atoms with van der Waals surface area (Å²) in [5, 5.41) is 0. The van der Waals surface area contributed by atoms with E-state index >= 15 is 0 Å². The van der Waals surface area contributed by atoms with E-state index in [1.807, 2.05) is 0 Å². The Bertz CT molecular complexity index is 258. The Morgan fingerprint density at radius 1 is 1.00 bits per heavy atom. The molecule has 3 aliphatic rings. The van der Waals surface area contributed by atoms with Gasteiger partial charge in [0.05, 0.1) is 0 Å². The minimum Gasteiger partial charge on any atom is -0.328 e. The Morgan fingerprint density at radius 2 is 1.76 bits per heavy atom. The molecule has 3 atom stereocenters. The molecule has 98 valence electrons. The van der Waals surface area contributed by atoms with Gasteiger partial charge in [-0.15, -0.1) is 0 Å². The molecule has 3 fully saturated rings. The van der Waals surface area contributed by atoms with Gasteiger partial charge in [-0.05, 0) is 63.3 Å². The Balaban J connectivity index is 1.63. The highest BCUT2D eigenvalue weighted by atomic mass is 15.2. The fourth-order valence-corrected chi connectivity index (χ4v) is 4.81. The Hall–Kier alpha value is -0.0800. The lowest BCUT2D eigenvalue weighted by Gasteiger charge is -2.42. The van der Waals surface area contributed by atoms with Gasteiger partial charge in [0.25, 0.3) is 0 Å². The van der Waals surface area contributed by atoms with Gasteiger partial charge in [0.15, 0.2) is 0 Å². The first-order chi connectivity index (χ1) is 8.28. The van der Waals surface area contributed by atoms with E-state index in [2.05, 4.69) is 11.8 Å². The third-order valence-corrected chi connectivity index (χ3v) is 5.70. The zero-order valence-electron chi connectivity index (χ0n) is 11.3. The largest absolute Gasteiger partial charge is 0.328 e. The van der Waals surface area contributed by atoms with Crippen LogP contribution >= 0.6 is 0 Å². The third kappa shape index (κ3) is 2.26. The van der Waals surface area contributed by atoms with E-state index in [0.29, 0.717) is 6.04 Å². The fourth-order valence-electron chi connectivity index (χ4n) is 4.81. The molecule has 2 nitrogen and oxygen atoms in total. The van der Waals surface area contributed by atoms with Gasteiger partial charge in [-0.1, -0.05) is 13.3 Å². The molecule has 0 aliphatic heterocycles. The van der Waals surface area contributed by atoms with E-state index < -0.39 is 0 Å². The van der Waals surface area contributed by atoms with Crippen LogP contribution in [0.3, 0.4) is 0 Å². The molecule has 2 N–H and O–H groups in total. The standard InChI is InChI=1S/C15H28N2/c1-2-17(14-7-5-13(16)6-8-14)15-10-11-3-4-12(15)9-11/h11-15H,2-10,16H2,1H3. The second-order valence-electron chi connectivity index (χ2n) is 6.64. The molecule has 2 bridgehead atoms. The maximum atomic E-state index is 6.03. The van der Waals surface area contributed by atoms with Crippen molar-refractivity contribution in [3.63, 3.8) is 0 Å². The molecule has 3 rings (SSSR count). The van der Waals surface area contributed by atoms with Crippen molar-refractivity contribution in [3.8, 4) is 0 Å². The van der Waals surface area contributed by atoms with Gasteiger partial charge >= 0.3 is 0 Å². The van der Waals surface area contributed by atoms with Crippen LogP contribution in [0.15, 0.2) is 0 Å². The summed E-state index contributed by atoms with van der Waals surface area (Å²) < 4.78 is 0. The van der Waals surface area contributed by atoms with Crippen LogP contribution in [0.4, 0.5) is 0 Å². The van der Waals surface area contributed by atoms with Crippen molar-refractivity contribution in [1.29, 1.82) is 0 Å². The van der Waals surface area contributed by atoms with Gasteiger partial charge in [0, 0.05) is 18.1 Å². The van der Waals surface area contributed by atoms with Crippen molar-refractivity contribution in [2.75, 3.05) is 6.54 Å². The molecular weight excluding hydrogens is 208 g/mol. The number of hydrogen-bond acceptors (Lipinski definition) is 2. The molecule has 0 heterocycles.